The van der Waals surface area contributed by atoms with Crippen molar-refractivity contribution in [1.82, 2.24) is 15.1 Å². The highest BCUT2D eigenvalue weighted by Crippen LogP contribution is 2.36. The summed E-state index contributed by atoms with van der Waals surface area (Å²) in [5, 5.41) is 2.50. The molecule has 1 aliphatic rings. The summed E-state index contributed by atoms with van der Waals surface area (Å²) in [6.07, 6.45) is 0.394. The lowest BCUT2D eigenvalue weighted by Gasteiger charge is -2.38. The zero-order valence-corrected chi connectivity index (χ0v) is 25.5. The Morgan fingerprint density at radius 2 is 1.57 bits per heavy atom. The van der Waals surface area contributed by atoms with Crippen molar-refractivity contribution >= 4 is 28.7 Å². The molecular formula is C34H40ClN3O4. The smallest absolute Gasteiger partial charge is 0.247 e. The molecule has 0 aromatic heterocycles. The van der Waals surface area contributed by atoms with Crippen LogP contribution in [0.4, 0.5) is 0 Å². The first-order chi connectivity index (χ1) is 20.2. The molecule has 7 nitrogen and oxygen atoms in total. The van der Waals surface area contributed by atoms with E-state index in [4.69, 9.17) is 16.3 Å². The van der Waals surface area contributed by atoms with Crippen molar-refractivity contribution in [3.05, 3.63) is 95.6 Å². The van der Waals surface area contributed by atoms with Crippen molar-refractivity contribution in [3.63, 3.8) is 0 Å². The highest BCUT2D eigenvalue weighted by molar-refractivity contribution is 6.63. The van der Waals surface area contributed by atoms with E-state index in [1.54, 1.807) is 4.90 Å². The average molecular weight is 590 g/mol. The van der Waals surface area contributed by atoms with Crippen LogP contribution in [-0.4, -0.2) is 58.6 Å². The van der Waals surface area contributed by atoms with Crippen molar-refractivity contribution in [2.75, 3.05) is 19.6 Å². The Kier molecular flexibility index (Phi) is 10.8. The Bertz CT molecular complexity index is 1360. The number of hydrogen-bond donors (Lipinski definition) is 1. The van der Waals surface area contributed by atoms with Crippen LogP contribution in [0.1, 0.15) is 62.8 Å². The van der Waals surface area contributed by atoms with Gasteiger partial charge in [0.1, 0.15) is 17.5 Å². The zero-order valence-electron chi connectivity index (χ0n) is 24.8. The van der Waals surface area contributed by atoms with E-state index in [0.717, 1.165) is 16.9 Å². The third-order valence-corrected chi connectivity index (χ3v) is 7.87. The summed E-state index contributed by atoms with van der Waals surface area (Å²) in [7, 11) is 0. The molecule has 2 amide bonds. The predicted molar refractivity (Wildman–Crippen MR) is 166 cm³/mol. The summed E-state index contributed by atoms with van der Waals surface area (Å²) >= 11 is 5.81. The lowest BCUT2D eigenvalue weighted by molar-refractivity contribution is -0.143. The number of benzene rings is 3. The highest BCUT2D eigenvalue weighted by Gasteiger charge is 2.39. The molecule has 0 fully saturated rings. The van der Waals surface area contributed by atoms with Crippen LogP contribution in [0.2, 0.25) is 0 Å². The first-order valence-corrected chi connectivity index (χ1v) is 15.0. The first kappa shape index (κ1) is 31.3. The van der Waals surface area contributed by atoms with Crippen molar-refractivity contribution < 1.29 is 19.1 Å². The molecule has 4 rings (SSSR count). The van der Waals surface area contributed by atoms with Gasteiger partial charge >= 0.3 is 0 Å². The van der Waals surface area contributed by atoms with Gasteiger partial charge in [-0.3, -0.25) is 19.3 Å². The number of halogens is 1. The zero-order chi connectivity index (χ0) is 30.2. The van der Waals surface area contributed by atoms with Crippen molar-refractivity contribution in [2.24, 2.45) is 0 Å². The molecule has 2 atom stereocenters. The van der Waals surface area contributed by atoms with Crippen LogP contribution in [0.3, 0.4) is 0 Å². The Balaban J connectivity index is 1.64. The number of nitrogens with one attached hydrogen (secondary N) is 1. The summed E-state index contributed by atoms with van der Waals surface area (Å²) in [5.74, 6) is 0.0502. The maximum Gasteiger partial charge on any atom is 0.247 e. The lowest BCUT2D eigenvalue weighted by Crippen LogP contribution is -2.50. The number of ether oxygens (including phenoxy) is 1. The third-order valence-electron chi connectivity index (χ3n) is 7.71. The minimum atomic E-state index is -0.852. The lowest BCUT2D eigenvalue weighted by atomic mass is 9.88. The van der Waals surface area contributed by atoms with Gasteiger partial charge in [-0.2, -0.15) is 0 Å². The molecule has 2 unspecified atom stereocenters. The monoisotopic (exact) mass is 589 g/mol. The van der Waals surface area contributed by atoms with E-state index in [0.29, 0.717) is 49.5 Å². The van der Waals surface area contributed by atoms with Gasteiger partial charge in [0.15, 0.2) is 0 Å². The number of carbonyl (C=O) groups excluding carboxylic acids is 3. The van der Waals surface area contributed by atoms with E-state index >= 15 is 0 Å². The molecule has 0 radical (unpaired) electrons. The van der Waals surface area contributed by atoms with Gasteiger partial charge in [-0.1, -0.05) is 54.6 Å². The van der Waals surface area contributed by atoms with Crippen LogP contribution < -0.4 is 10.1 Å². The van der Waals surface area contributed by atoms with Crippen molar-refractivity contribution in [1.29, 1.82) is 0 Å². The van der Waals surface area contributed by atoms with Gasteiger partial charge in [0.2, 0.25) is 17.1 Å². The van der Waals surface area contributed by atoms with Crippen LogP contribution in [0, 0.1) is 0 Å². The van der Waals surface area contributed by atoms with Gasteiger partial charge in [-0.05, 0) is 86.7 Å². The average Bonchev–Trinajstić information content (AvgIpc) is 2.97. The fourth-order valence-corrected chi connectivity index (χ4v) is 5.88. The molecule has 3 aromatic rings. The van der Waals surface area contributed by atoms with E-state index in [2.05, 4.69) is 37.9 Å². The third kappa shape index (κ3) is 7.78. The van der Waals surface area contributed by atoms with E-state index in [1.807, 2.05) is 78.9 Å². The molecular weight excluding hydrogens is 550 g/mol. The largest absolute Gasteiger partial charge is 0.457 e. The van der Waals surface area contributed by atoms with E-state index < -0.39 is 17.2 Å². The molecule has 0 aliphatic carbocycles. The Morgan fingerprint density at radius 3 is 2.19 bits per heavy atom. The molecule has 8 heteroatoms. The van der Waals surface area contributed by atoms with Gasteiger partial charge < -0.3 is 15.0 Å². The minimum absolute atomic E-state index is 0.149. The van der Waals surface area contributed by atoms with Crippen LogP contribution in [0.25, 0.3) is 0 Å². The number of rotatable bonds is 12. The Labute approximate surface area is 253 Å². The number of hydrogen-bond acceptors (Lipinski definition) is 5. The van der Waals surface area contributed by atoms with E-state index in [-0.39, 0.29) is 18.2 Å². The Morgan fingerprint density at radius 1 is 0.929 bits per heavy atom. The Hall–Kier alpha value is -3.68. The standard InChI is InChI=1S/C34H40ClN3O4/c1-23(2)37(24(3)4)20-18-36-33(40)32-29-16-15-28(42-27-13-9-6-10-14-27)21-26(29)17-19-38(32)34(41)30(22-31(35)39)25-11-7-5-8-12-25/h5-16,21,23-24,30,32H,17-20,22H2,1-4H3,(H,36,40). The van der Waals surface area contributed by atoms with Gasteiger partial charge in [-0.25, -0.2) is 0 Å². The number of carbonyl (C=O) groups is 3. The molecule has 0 saturated carbocycles. The quantitative estimate of drug-likeness (QED) is 0.259. The van der Waals surface area contributed by atoms with E-state index in [1.165, 1.54) is 0 Å². The highest BCUT2D eigenvalue weighted by atomic mass is 35.5. The van der Waals surface area contributed by atoms with Gasteiger partial charge in [0.25, 0.3) is 0 Å². The molecule has 0 saturated heterocycles. The van der Waals surface area contributed by atoms with Crippen molar-refractivity contribution in [2.45, 2.75) is 64.6 Å². The normalized spacial score (nSPS) is 15.4. The second kappa shape index (κ2) is 14.5. The molecule has 3 aromatic carbocycles. The summed E-state index contributed by atoms with van der Waals surface area (Å²) in [6, 6.07) is 24.1. The number of nitrogens with zero attached hydrogens (tertiary/aromatic N) is 2. The molecule has 1 N–H and O–H groups in total. The summed E-state index contributed by atoms with van der Waals surface area (Å²) in [4.78, 5) is 44.0. The second-order valence-corrected chi connectivity index (χ2v) is 11.6. The molecule has 42 heavy (non-hydrogen) atoms. The van der Waals surface area contributed by atoms with Crippen molar-refractivity contribution in [3.8, 4) is 11.5 Å². The molecule has 222 valence electrons. The van der Waals surface area contributed by atoms with Gasteiger partial charge in [-0.15, -0.1) is 0 Å². The number of amides is 2. The van der Waals surface area contributed by atoms with Crippen LogP contribution in [0.5, 0.6) is 11.5 Å². The number of para-hydroxylation sites is 1. The maximum atomic E-state index is 14.1. The summed E-state index contributed by atoms with van der Waals surface area (Å²) in [5.41, 5.74) is 2.39. The summed E-state index contributed by atoms with van der Waals surface area (Å²) < 4.78 is 6.05. The molecule has 1 aliphatic heterocycles. The minimum Gasteiger partial charge on any atom is -0.457 e. The van der Waals surface area contributed by atoms with E-state index in [9.17, 15) is 14.4 Å². The first-order valence-electron chi connectivity index (χ1n) is 14.6. The molecule has 1 heterocycles. The van der Waals surface area contributed by atoms with Crippen LogP contribution in [-0.2, 0) is 20.8 Å². The van der Waals surface area contributed by atoms with Gasteiger partial charge in [0.05, 0.1) is 5.92 Å². The topological polar surface area (TPSA) is 79.0 Å². The SMILES string of the molecule is CC(C)N(CCNC(=O)C1c2ccc(Oc3ccccc3)cc2CCN1C(=O)C(CC(=O)Cl)c1ccccc1)C(C)C. The maximum absolute atomic E-state index is 14.1. The van der Waals surface area contributed by atoms with Crippen LogP contribution >= 0.6 is 11.6 Å². The number of fused-ring (bicyclic) bond motifs is 1. The molecule has 0 spiro atoms. The van der Waals surface area contributed by atoms with Gasteiger partial charge in [0, 0.05) is 38.1 Å². The second-order valence-electron chi connectivity index (χ2n) is 11.2. The summed E-state index contributed by atoms with van der Waals surface area (Å²) in [6.45, 7) is 10.00. The molecule has 0 bridgehead atoms. The predicted octanol–water partition coefficient (Wildman–Crippen LogP) is 6.08. The fraction of sp³-hybridized carbons (Fsp3) is 0.382. The fourth-order valence-electron chi connectivity index (χ4n) is 5.72. The van der Waals surface area contributed by atoms with Crippen LogP contribution in [0.15, 0.2) is 78.9 Å².